The maximum atomic E-state index is 11.8. The Bertz CT molecular complexity index is 320. The van der Waals surface area contributed by atoms with Crippen molar-refractivity contribution in [3.63, 3.8) is 0 Å². The largest absolute Gasteiger partial charge is 0.310 e. The average molecular weight is 191 g/mol. The van der Waals surface area contributed by atoms with Crippen LogP contribution in [0.15, 0.2) is 24.3 Å². The van der Waals surface area contributed by atoms with Gasteiger partial charge in [0.2, 0.25) is 0 Å². The Kier molecular flexibility index (Phi) is 3.84. The Hall–Kier alpha value is -1.15. The number of nitrogens with one attached hydrogen (secondary N) is 1. The summed E-state index contributed by atoms with van der Waals surface area (Å²) in [5.41, 5.74) is 2.00. The van der Waals surface area contributed by atoms with Crippen LogP contribution in [-0.2, 0) is 6.42 Å². The van der Waals surface area contributed by atoms with Gasteiger partial charge in [-0.15, -0.1) is 0 Å². The van der Waals surface area contributed by atoms with Crippen molar-refractivity contribution in [1.29, 1.82) is 0 Å². The van der Waals surface area contributed by atoms with Gasteiger partial charge in [0.05, 0.1) is 6.04 Å². The second kappa shape index (κ2) is 4.91. The van der Waals surface area contributed by atoms with Gasteiger partial charge in [-0.3, -0.25) is 4.79 Å². The van der Waals surface area contributed by atoms with Gasteiger partial charge in [0.1, 0.15) is 0 Å². The van der Waals surface area contributed by atoms with Gasteiger partial charge in [-0.1, -0.05) is 25.1 Å². The maximum absolute atomic E-state index is 11.8. The van der Waals surface area contributed by atoms with Crippen LogP contribution in [0.25, 0.3) is 0 Å². The zero-order chi connectivity index (χ0) is 10.6. The Morgan fingerprint density at radius 1 is 1.50 bits per heavy atom. The molecule has 0 bridgehead atoms. The van der Waals surface area contributed by atoms with E-state index in [1.807, 2.05) is 31.2 Å². The first kappa shape index (κ1) is 10.9. The number of carbonyl (C=O) groups is 1. The molecule has 2 nitrogen and oxygen atoms in total. The number of likely N-dealkylation sites (N-methyl/N-ethyl adjacent to an activating group) is 1. The third kappa shape index (κ3) is 2.42. The fraction of sp³-hybridized carbons (Fsp3) is 0.417. The third-order valence-electron chi connectivity index (χ3n) is 2.45. The van der Waals surface area contributed by atoms with Crippen LogP contribution in [0, 0.1) is 0 Å². The molecule has 1 N–H and O–H groups in total. The lowest BCUT2D eigenvalue weighted by molar-refractivity contribution is 0.0955. The van der Waals surface area contributed by atoms with E-state index in [0.717, 1.165) is 12.0 Å². The van der Waals surface area contributed by atoms with Crippen LogP contribution in [0.1, 0.15) is 29.8 Å². The summed E-state index contributed by atoms with van der Waals surface area (Å²) in [6, 6.07) is 7.71. The molecule has 0 saturated carbocycles. The third-order valence-corrected chi connectivity index (χ3v) is 2.45. The van der Waals surface area contributed by atoms with Crippen molar-refractivity contribution in [2.24, 2.45) is 0 Å². The summed E-state index contributed by atoms with van der Waals surface area (Å²) in [5, 5.41) is 2.95. The van der Waals surface area contributed by atoms with Crippen LogP contribution in [0.3, 0.4) is 0 Å². The monoisotopic (exact) mass is 191 g/mol. The second-order valence-electron chi connectivity index (χ2n) is 3.43. The van der Waals surface area contributed by atoms with Gasteiger partial charge in [-0.25, -0.2) is 0 Å². The van der Waals surface area contributed by atoms with Crippen molar-refractivity contribution in [3.8, 4) is 0 Å². The molecule has 0 aromatic heterocycles. The highest BCUT2D eigenvalue weighted by atomic mass is 16.1. The lowest BCUT2D eigenvalue weighted by atomic mass is 10.0. The average Bonchev–Trinajstić information content (AvgIpc) is 2.27. The molecule has 0 amide bonds. The zero-order valence-electron chi connectivity index (χ0n) is 9.00. The first-order chi connectivity index (χ1) is 6.69. The van der Waals surface area contributed by atoms with E-state index < -0.39 is 0 Å². The number of benzene rings is 1. The molecular formula is C12H17NO. The van der Waals surface area contributed by atoms with Crippen molar-refractivity contribution in [3.05, 3.63) is 35.4 Å². The van der Waals surface area contributed by atoms with Crippen LogP contribution < -0.4 is 5.32 Å². The van der Waals surface area contributed by atoms with Gasteiger partial charge in [-0.05, 0) is 32.0 Å². The SMILES string of the molecule is CCc1cccc(C(=O)C(C)NC)c1. The number of carbonyl (C=O) groups excluding carboxylic acids is 1. The molecular weight excluding hydrogens is 174 g/mol. The topological polar surface area (TPSA) is 29.1 Å². The number of ketones is 1. The predicted molar refractivity (Wildman–Crippen MR) is 58.7 cm³/mol. The van der Waals surface area contributed by atoms with E-state index in [1.165, 1.54) is 5.56 Å². The molecule has 1 rings (SSSR count). The summed E-state index contributed by atoms with van der Waals surface area (Å²) in [6.07, 6.45) is 0.967. The lowest BCUT2D eigenvalue weighted by Crippen LogP contribution is -2.30. The highest BCUT2D eigenvalue weighted by Gasteiger charge is 2.12. The standard InChI is InChI=1S/C12H17NO/c1-4-10-6-5-7-11(8-10)12(14)9(2)13-3/h5-9,13H,4H2,1-3H3. The molecule has 1 atom stereocenters. The Labute approximate surface area is 85.3 Å². The molecule has 76 valence electrons. The maximum Gasteiger partial charge on any atom is 0.179 e. The first-order valence-corrected chi connectivity index (χ1v) is 4.99. The highest BCUT2D eigenvalue weighted by molar-refractivity contribution is 5.99. The van der Waals surface area contributed by atoms with Crippen molar-refractivity contribution in [2.45, 2.75) is 26.3 Å². The predicted octanol–water partition coefficient (Wildman–Crippen LogP) is 2.04. The van der Waals surface area contributed by atoms with E-state index in [1.54, 1.807) is 7.05 Å². The zero-order valence-corrected chi connectivity index (χ0v) is 9.00. The van der Waals surface area contributed by atoms with Gasteiger partial charge in [0.25, 0.3) is 0 Å². The van der Waals surface area contributed by atoms with E-state index >= 15 is 0 Å². The molecule has 14 heavy (non-hydrogen) atoms. The number of rotatable bonds is 4. The van der Waals surface area contributed by atoms with Crippen LogP contribution in [0.5, 0.6) is 0 Å². The summed E-state index contributed by atoms with van der Waals surface area (Å²) in [5.74, 6) is 0.155. The summed E-state index contributed by atoms with van der Waals surface area (Å²) in [7, 11) is 1.80. The van der Waals surface area contributed by atoms with Crippen LogP contribution in [-0.4, -0.2) is 18.9 Å². The minimum atomic E-state index is -0.109. The molecule has 1 unspecified atom stereocenters. The van der Waals surface area contributed by atoms with Gasteiger partial charge in [0.15, 0.2) is 5.78 Å². The minimum absolute atomic E-state index is 0.109. The number of hydrogen-bond donors (Lipinski definition) is 1. The highest BCUT2D eigenvalue weighted by Crippen LogP contribution is 2.08. The molecule has 0 saturated heterocycles. The van der Waals surface area contributed by atoms with Gasteiger partial charge in [0, 0.05) is 5.56 Å². The van der Waals surface area contributed by atoms with E-state index in [9.17, 15) is 4.79 Å². The Morgan fingerprint density at radius 2 is 2.21 bits per heavy atom. The van der Waals surface area contributed by atoms with Gasteiger partial charge in [-0.2, -0.15) is 0 Å². The number of aryl methyl sites for hydroxylation is 1. The summed E-state index contributed by atoms with van der Waals surface area (Å²) in [4.78, 5) is 11.8. The van der Waals surface area contributed by atoms with Crippen molar-refractivity contribution in [1.82, 2.24) is 5.32 Å². The molecule has 0 aliphatic heterocycles. The molecule has 0 aliphatic rings. The quantitative estimate of drug-likeness (QED) is 0.738. The van der Waals surface area contributed by atoms with Gasteiger partial charge >= 0.3 is 0 Å². The molecule has 1 aromatic rings. The fourth-order valence-electron chi connectivity index (χ4n) is 1.33. The van der Waals surface area contributed by atoms with Gasteiger partial charge < -0.3 is 5.32 Å². The summed E-state index contributed by atoms with van der Waals surface area (Å²) >= 11 is 0. The van der Waals surface area contributed by atoms with Crippen molar-refractivity contribution in [2.75, 3.05) is 7.05 Å². The lowest BCUT2D eigenvalue weighted by Gasteiger charge is -2.09. The van der Waals surface area contributed by atoms with E-state index in [2.05, 4.69) is 12.2 Å². The smallest absolute Gasteiger partial charge is 0.179 e. The van der Waals surface area contributed by atoms with Crippen molar-refractivity contribution < 1.29 is 4.79 Å². The molecule has 0 fully saturated rings. The van der Waals surface area contributed by atoms with E-state index in [4.69, 9.17) is 0 Å². The fourth-order valence-corrected chi connectivity index (χ4v) is 1.33. The molecule has 0 heterocycles. The van der Waals surface area contributed by atoms with Crippen molar-refractivity contribution >= 4 is 5.78 Å². The molecule has 1 aromatic carbocycles. The summed E-state index contributed by atoms with van der Waals surface area (Å²) < 4.78 is 0. The minimum Gasteiger partial charge on any atom is -0.310 e. The Morgan fingerprint density at radius 3 is 2.79 bits per heavy atom. The van der Waals surface area contributed by atoms with Crippen LogP contribution in [0.2, 0.25) is 0 Å². The normalized spacial score (nSPS) is 12.5. The van der Waals surface area contributed by atoms with E-state index in [-0.39, 0.29) is 11.8 Å². The molecule has 0 radical (unpaired) electrons. The number of Topliss-reactive ketones (excluding diaryl/α,β-unsaturated/α-hetero) is 1. The molecule has 0 spiro atoms. The van der Waals surface area contributed by atoms with Crippen LogP contribution >= 0.6 is 0 Å². The summed E-state index contributed by atoms with van der Waals surface area (Å²) in [6.45, 7) is 3.96. The van der Waals surface area contributed by atoms with Crippen LogP contribution in [0.4, 0.5) is 0 Å². The molecule has 0 aliphatic carbocycles. The second-order valence-corrected chi connectivity index (χ2v) is 3.43. The molecule has 2 heteroatoms. The first-order valence-electron chi connectivity index (χ1n) is 4.99. The number of hydrogen-bond acceptors (Lipinski definition) is 2. The Balaban J connectivity index is 2.90. The van der Waals surface area contributed by atoms with E-state index in [0.29, 0.717) is 0 Å².